The van der Waals surface area contributed by atoms with E-state index < -0.39 is 16.1 Å². The number of sulfonamides is 1. The minimum atomic E-state index is -3.48. The van der Waals surface area contributed by atoms with Crippen molar-refractivity contribution in [3.05, 3.63) is 65.9 Å². The Hall–Kier alpha value is -2.64. The predicted molar refractivity (Wildman–Crippen MR) is 127 cm³/mol. The Morgan fingerprint density at radius 2 is 1.69 bits per heavy atom. The maximum Gasteiger partial charge on any atom is 0.243 e. The molecule has 2 heterocycles. The van der Waals surface area contributed by atoms with E-state index in [1.807, 2.05) is 35.9 Å². The number of benzene rings is 2. The smallest absolute Gasteiger partial charge is 0.243 e. The molecule has 1 aromatic heterocycles. The lowest BCUT2D eigenvalue weighted by Gasteiger charge is -2.26. The third kappa shape index (κ3) is 4.59. The van der Waals surface area contributed by atoms with Crippen molar-refractivity contribution in [3.8, 4) is 0 Å². The highest BCUT2D eigenvalue weighted by Crippen LogP contribution is 2.26. The van der Waals surface area contributed by atoms with E-state index in [0.717, 1.165) is 42.1 Å². The lowest BCUT2D eigenvalue weighted by atomic mass is 10.1. The van der Waals surface area contributed by atoms with Crippen LogP contribution in [-0.2, 0) is 27.8 Å². The van der Waals surface area contributed by atoms with Crippen molar-refractivity contribution in [1.29, 1.82) is 0 Å². The molecule has 1 atom stereocenters. The van der Waals surface area contributed by atoms with Gasteiger partial charge in [-0.25, -0.2) is 8.42 Å². The quantitative estimate of drug-likeness (QED) is 0.581. The lowest BCUT2D eigenvalue weighted by Crippen LogP contribution is -2.35. The predicted octanol–water partition coefficient (Wildman–Crippen LogP) is 4.26. The van der Waals surface area contributed by atoms with Crippen LogP contribution < -0.4 is 5.32 Å². The summed E-state index contributed by atoms with van der Waals surface area (Å²) in [7, 11) is -3.48. The highest BCUT2D eigenvalue weighted by atomic mass is 32.2. The first kappa shape index (κ1) is 22.6. The Morgan fingerprint density at radius 1 is 1.00 bits per heavy atom. The van der Waals surface area contributed by atoms with Gasteiger partial charge in [0.2, 0.25) is 15.9 Å². The van der Waals surface area contributed by atoms with Gasteiger partial charge in [0, 0.05) is 36.7 Å². The average molecular weight is 454 g/mol. The van der Waals surface area contributed by atoms with Crippen molar-refractivity contribution in [1.82, 2.24) is 14.2 Å². The van der Waals surface area contributed by atoms with Crippen molar-refractivity contribution < 1.29 is 13.2 Å². The summed E-state index contributed by atoms with van der Waals surface area (Å²) in [5, 5.41) is 3.82. The van der Waals surface area contributed by atoms with Gasteiger partial charge in [0.25, 0.3) is 0 Å². The molecule has 0 spiro atoms. The summed E-state index contributed by atoms with van der Waals surface area (Å²) in [6.45, 7) is 5.61. The normalized spacial score (nSPS) is 16.2. The first-order valence-electron chi connectivity index (χ1n) is 11.4. The molecule has 1 fully saturated rings. The van der Waals surface area contributed by atoms with E-state index in [2.05, 4.69) is 24.4 Å². The second-order valence-electron chi connectivity index (χ2n) is 8.47. The van der Waals surface area contributed by atoms with Crippen LogP contribution in [0.25, 0.3) is 10.9 Å². The van der Waals surface area contributed by atoms with Gasteiger partial charge in [-0.2, -0.15) is 4.31 Å². The van der Waals surface area contributed by atoms with E-state index >= 15 is 0 Å². The van der Waals surface area contributed by atoms with Crippen LogP contribution in [0.15, 0.2) is 59.6 Å². The summed E-state index contributed by atoms with van der Waals surface area (Å²) in [6.07, 6.45) is 5.74. The largest absolute Gasteiger partial charge is 0.350 e. The fraction of sp³-hybridized carbons (Fsp3) is 0.400. The van der Waals surface area contributed by atoms with Crippen molar-refractivity contribution in [2.24, 2.45) is 0 Å². The van der Waals surface area contributed by atoms with Gasteiger partial charge in [-0.3, -0.25) is 4.79 Å². The number of rotatable bonds is 7. The molecule has 170 valence electrons. The molecular weight excluding hydrogens is 422 g/mol. The third-order valence-corrected chi connectivity index (χ3v) is 8.23. The van der Waals surface area contributed by atoms with Gasteiger partial charge in [-0.15, -0.1) is 0 Å². The van der Waals surface area contributed by atoms with Crippen LogP contribution in [0.2, 0.25) is 0 Å². The van der Waals surface area contributed by atoms with E-state index in [0.29, 0.717) is 24.5 Å². The van der Waals surface area contributed by atoms with E-state index in [-0.39, 0.29) is 5.91 Å². The van der Waals surface area contributed by atoms with Crippen LogP contribution in [-0.4, -0.2) is 36.3 Å². The first-order chi connectivity index (χ1) is 15.4. The van der Waals surface area contributed by atoms with Crippen molar-refractivity contribution in [3.63, 3.8) is 0 Å². The molecule has 0 saturated carbocycles. The Balaban J connectivity index is 1.48. The molecule has 1 saturated heterocycles. The molecular formula is C25H31N3O3S. The molecule has 4 rings (SSSR count). The maximum absolute atomic E-state index is 13.0. The molecule has 1 aliphatic rings. The number of hydrogen-bond acceptors (Lipinski definition) is 3. The van der Waals surface area contributed by atoms with Crippen molar-refractivity contribution in [2.45, 2.75) is 57.0 Å². The van der Waals surface area contributed by atoms with Crippen LogP contribution in [0.4, 0.5) is 0 Å². The minimum absolute atomic E-state index is 0.0768. The van der Waals surface area contributed by atoms with E-state index in [1.165, 1.54) is 5.56 Å². The number of amides is 1. The zero-order valence-corrected chi connectivity index (χ0v) is 19.6. The SMILES string of the molecule is CCc1ccc(CNC(=O)[C@H](C)n2ccc3cc(S(=O)(=O)N4CCCCC4)ccc32)cc1. The molecule has 0 bridgehead atoms. The van der Waals surface area contributed by atoms with Crippen LogP contribution >= 0.6 is 0 Å². The number of carbonyl (C=O) groups excluding carboxylic acids is 1. The second-order valence-corrected chi connectivity index (χ2v) is 10.4. The molecule has 1 aliphatic heterocycles. The summed E-state index contributed by atoms with van der Waals surface area (Å²) in [5.74, 6) is -0.0768. The number of piperidine rings is 1. The topological polar surface area (TPSA) is 71.4 Å². The van der Waals surface area contributed by atoms with Gasteiger partial charge in [0.05, 0.1) is 4.90 Å². The third-order valence-electron chi connectivity index (χ3n) is 6.34. The zero-order valence-electron chi connectivity index (χ0n) is 18.8. The Bertz CT molecular complexity index is 1190. The van der Waals surface area contributed by atoms with Gasteiger partial charge in [0.15, 0.2) is 0 Å². The number of carbonyl (C=O) groups is 1. The Kier molecular flexibility index (Phi) is 6.67. The van der Waals surface area contributed by atoms with Gasteiger partial charge in [-0.05, 0) is 61.6 Å². The fourth-order valence-corrected chi connectivity index (χ4v) is 5.80. The summed E-state index contributed by atoms with van der Waals surface area (Å²) in [5.41, 5.74) is 3.18. The summed E-state index contributed by atoms with van der Waals surface area (Å²) >= 11 is 0. The summed E-state index contributed by atoms with van der Waals surface area (Å²) in [4.78, 5) is 13.1. The van der Waals surface area contributed by atoms with Crippen molar-refractivity contribution in [2.75, 3.05) is 13.1 Å². The molecule has 1 amide bonds. The standard InChI is InChI=1S/C25H31N3O3S/c1-3-20-7-9-21(10-8-20)18-26-25(29)19(2)28-16-13-22-17-23(11-12-24(22)28)32(30,31)27-14-5-4-6-15-27/h7-13,16-17,19H,3-6,14-15,18H2,1-2H3,(H,26,29)/t19-/m0/s1. The van der Waals surface area contributed by atoms with Gasteiger partial charge in [-0.1, -0.05) is 37.6 Å². The summed E-state index contributed by atoms with van der Waals surface area (Å²) in [6, 6.07) is 14.9. The van der Waals surface area contributed by atoms with Gasteiger partial charge in [0.1, 0.15) is 6.04 Å². The number of nitrogens with zero attached hydrogens (tertiary/aromatic N) is 2. The van der Waals surface area contributed by atoms with Crippen LogP contribution in [0, 0.1) is 0 Å². The Labute approximate surface area is 190 Å². The fourth-order valence-electron chi connectivity index (χ4n) is 4.25. The minimum Gasteiger partial charge on any atom is -0.350 e. The Morgan fingerprint density at radius 3 is 2.38 bits per heavy atom. The lowest BCUT2D eigenvalue weighted by molar-refractivity contribution is -0.123. The molecule has 6 nitrogen and oxygen atoms in total. The number of nitrogens with one attached hydrogen (secondary N) is 1. The number of aromatic nitrogens is 1. The van der Waals surface area contributed by atoms with Crippen LogP contribution in [0.5, 0.6) is 0 Å². The highest BCUT2D eigenvalue weighted by molar-refractivity contribution is 7.89. The molecule has 7 heteroatoms. The average Bonchev–Trinajstić information content (AvgIpc) is 3.26. The van der Waals surface area contributed by atoms with Gasteiger partial charge < -0.3 is 9.88 Å². The molecule has 0 unspecified atom stereocenters. The first-order valence-corrected chi connectivity index (χ1v) is 12.8. The molecule has 0 radical (unpaired) electrons. The van der Waals surface area contributed by atoms with E-state index in [9.17, 15) is 13.2 Å². The summed E-state index contributed by atoms with van der Waals surface area (Å²) < 4.78 is 29.5. The molecule has 32 heavy (non-hydrogen) atoms. The number of aryl methyl sites for hydroxylation is 1. The molecule has 0 aliphatic carbocycles. The molecule has 3 aromatic rings. The van der Waals surface area contributed by atoms with Crippen molar-refractivity contribution >= 4 is 26.8 Å². The number of hydrogen-bond donors (Lipinski definition) is 1. The monoisotopic (exact) mass is 453 g/mol. The number of fused-ring (bicyclic) bond motifs is 1. The molecule has 2 aromatic carbocycles. The zero-order chi connectivity index (χ0) is 22.7. The molecule has 1 N–H and O–H groups in total. The second kappa shape index (κ2) is 9.46. The van der Waals surface area contributed by atoms with Crippen LogP contribution in [0.1, 0.15) is 50.3 Å². The van der Waals surface area contributed by atoms with E-state index in [1.54, 1.807) is 22.5 Å². The van der Waals surface area contributed by atoms with Crippen LogP contribution in [0.3, 0.4) is 0 Å². The van der Waals surface area contributed by atoms with Gasteiger partial charge >= 0.3 is 0 Å². The maximum atomic E-state index is 13.0. The highest BCUT2D eigenvalue weighted by Gasteiger charge is 2.26. The van der Waals surface area contributed by atoms with E-state index in [4.69, 9.17) is 0 Å².